The van der Waals surface area contributed by atoms with Gasteiger partial charge in [0.2, 0.25) is 0 Å². The first-order chi connectivity index (χ1) is 12.1. The summed E-state index contributed by atoms with van der Waals surface area (Å²) in [6.45, 7) is 4.22. The summed E-state index contributed by atoms with van der Waals surface area (Å²) >= 11 is 0. The summed E-state index contributed by atoms with van der Waals surface area (Å²) in [6.07, 6.45) is 5.74. The Labute approximate surface area is 148 Å². The van der Waals surface area contributed by atoms with Crippen molar-refractivity contribution in [3.8, 4) is 0 Å². The third-order valence-corrected chi connectivity index (χ3v) is 4.86. The van der Waals surface area contributed by atoms with Crippen molar-refractivity contribution in [2.24, 2.45) is 5.10 Å². The van der Waals surface area contributed by atoms with Crippen molar-refractivity contribution in [1.82, 2.24) is 14.6 Å². The molecule has 0 fully saturated rings. The van der Waals surface area contributed by atoms with Crippen LogP contribution in [0.2, 0.25) is 0 Å². The summed E-state index contributed by atoms with van der Waals surface area (Å²) in [5.41, 5.74) is 6.02. The summed E-state index contributed by atoms with van der Waals surface area (Å²) in [6, 6.07) is 17.6. The normalized spacial score (nSPS) is 20.0. The molecule has 25 heavy (non-hydrogen) atoms. The lowest BCUT2D eigenvalue weighted by molar-refractivity contribution is 0.250. The molecule has 0 amide bonds. The predicted octanol–water partition coefficient (Wildman–Crippen LogP) is 4.13. The molecular formula is C21H22N4. The van der Waals surface area contributed by atoms with Crippen LogP contribution in [-0.2, 0) is 0 Å². The van der Waals surface area contributed by atoms with E-state index in [1.54, 1.807) is 0 Å². The van der Waals surface area contributed by atoms with Gasteiger partial charge in [-0.15, -0.1) is 0 Å². The first kappa shape index (κ1) is 15.6. The molecule has 2 heterocycles. The number of aryl methyl sites for hydroxylation is 2. The number of imidazole rings is 1. The zero-order valence-corrected chi connectivity index (χ0v) is 14.8. The minimum Gasteiger partial charge on any atom is -0.326 e. The molecule has 0 bridgehead atoms. The van der Waals surface area contributed by atoms with Crippen LogP contribution in [0.25, 0.3) is 0 Å². The number of hydrogen-bond donors (Lipinski definition) is 0. The second-order valence-electron chi connectivity index (χ2n) is 6.74. The van der Waals surface area contributed by atoms with Crippen LogP contribution in [0.3, 0.4) is 0 Å². The van der Waals surface area contributed by atoms with Crippen molar-refractivity contribution in [3.63, 3.8) is 0 Å². The second-order valence-corrected chi connectivity index (χ2v) is 6.74. The van der Waals surface area contributed by atoms with Crippen LogP contribution < -0.4 is 0 Å². The van der Waals surface area contributed by atoms with Crippen molar-refractivity contribution < 1.29 is 0 Å². The highest BCUT2D eigenvalue weighted by Gasteiger charge is 2.38. The number of nitrogens with zero attached hydrogens (tertiary/aromatic N) is 4. The van der Waals surface area contributed by atoms with E-state index in [2.05, 4.69) is 84.0 Å². The van der Waals surface area contributed by atoms with Gasteiger partial charge in [-0.1, -0.05) is 59.7 Å². The number of hydrazone groups is 1. The van der Waals surface area contributed by atoms with Crippen molar-refractivity contribution >= 4 is 5.71 Å². The molecule has 4 heteroatoms. The highest BCUT2D eigenvalue weighted by molar-refractivity contribution is 6.04. The smallest absolute Gasteiger partial charge is 0.105 e. The molecule has 2 unspecified atom stereocenters. The van der Waals surface area contributed by atoms with Crippen molar-refractivity contribution in [1.29, 1.82) is 0 Å². The molecule has 0 N–H and O–H groups in total. The Hall–Kier alpha value is -2.88. The highest BCUT2D eigenvalue weighted by Crippen LogP contribution is 2.39. The molecule has 126 valence electrons. The van der Waals surface area contributed by atoms with Gasteiger partial charge in [0, 0.05) is 25.0 Å². The third-order valence-electron chi connectivity index (χ3n) is 4.86. The Morgan fingerprint density at radius 3 is 2.08 bits per heavy atom. The first-order valence-electron chi connectivity index (χ1n) is 8.56. The monoisotopic (exact) mass is 330 g/mol. The summed E-state index contributed by atoms with van der Waals surface area (Å²) in [5.74, 6) is 0. The second kappa shape index (κ2) is 6.20. The minimum absolute atomic E-state index is 0.0953. The van der Waals surface area contributed by atoms with Gasteiger partial charge in [0.15, 0.2) is 0 Å². The average Bonchev–Trinajstić information content (AvgIpc) is 3.24. The van der Waals surface area contributed by atoms with Crippen molar-refractivity contribution in [2.45, 2.75) is 25.9 Å². The largest absolute Gasteiger partial charge is 0.326 e. The molecule has 2 atom stereocenters. The van der Waals surface area contributed by atoms with Gasteiger partial charge in [-0.05, 0) is 19.4 Å². The summed E-state index contributed by atoms with van der Waals surface area (Å²) in [7, 11) is 2.05. The Bertz CT molecular complexity index is 877. The lowest BCUT2D eigenvalue weighted by atomic mass is 9.92. The van der Waals surface area contributed by atoms with Gasteiger partial charge in [-0.3, -0.25) is 5.01 Å². The van der Waals surface area contributed by atoms with E-state index in [0.29, 0.717) is 0 Å². The Balaban J connectivity index is 1.80. The van der Waals surface area contributed by atoms with Gasteiger partial charge >= 0.3 is 0 Å². The average molecular weight is 330 g/mol. The lowest BCUT2D eigenvalue weighted by Crippen LogP contribution is -2.26. The van der Waals surface area contributed by atoms with E-state index in [9.17, 15) is 0 Å². The SMILES string of the molecule is Cc1ccc(C2=NN(C)C(c3ccc(C)cc3)C2n2ccnc2)cc1. The number of aromatic nitrogens is 2. The molecule has 0 spiro atoms. The number of rotatable bonds is 3. The summed E-state index contributed by atoms with van der Waals surface area (Å²) < 4.78 is 2.16. The maximum absolute atomic E-state index is 4.91. The van der Waals surface area contributed by atoms with Gasteiger partial charge in [0.25, 0.3) is 0 Å². The lowest BCUT2D eigenvalue weighted by Gasteiger charge is -2.27. The molecule has 1 aliphatic rings. The van der Waals surface area contributed by atoms with Crippen LogP contribution in [0.1, 0.15) is 34.3 Å². The summed E-state index contributed by atoms with van der Waals surface area (Å²) in [4.78, 5) is 4.27. The Morgan fingerprint density at radius 1 is 0.840 bits per heavy atom. The summed E-state index contributed by atoms with van der Waals surface area (Å²) in [5, 5.41) is 6.98. The van der Waals surface area contributed by atoms with E-state index in [0.717, 1.165) is 11.3 Å². The molecule has 1 aromatic heterocycles. The molecule has 3 aromatic rings. The van der Waals surface area contributed by atoms with Crippen LogP contribution in [0.5, 0.6) is 0 Å². The quantitative estimate of drug-likeness (QED) is 0.723. The number of hydrogen-bond acceptors (Lipinski definition) is 3. The van der Waals surface area contributed by atoms with Crippen LogP contribution in [-0.4, -0.2) is 27.3 Å². The molecule has 4 nitrogen and oxygen atoms in total. The fourth-order valence-corrected chi connectivity index (χ4v) is 3.50. The van der Waals surface area contributed by atoms with Gasteiger partial charge in [-0.25, -0.2) is 4.98 Å². The zero-order chi connectivity index (χ0) is 17.4. The van der Waals surface area contributed by atoms with E-state index in [1.165, 1.54) is 16.7 Å². The molecule has 4 rings (SSSR count). The highest BCUT2D eigenvalue weighted by atomic mass is 15.5. The molecule has 0 radical (unpaired) electrons. The van der Waals surface area contributed by atoms with Crippen LogP contribution >= 0.6 is 0 Å². The number of benzene rings is 2. The van der Waals surface area contributed by atoms with E-state index >= 15 is 0 Å². The molecule has 1 aliphatic heterocycles. The molecule has 0 saturated heterocycles. The van der Waals surface area contributed by atoms with Crippen molar-refractivity contribution in [2.75, 3.05) is 7.05 Å². The van der Waals surface area contributed by atoms with E-state index in [1.807, 2.05) is 18.7 Å². The van der Waals surface area contributed by atoms with Crippen LogP contribution in [0.15, 0.2) is 72.4 Å². The molecular weight excluding hydrogens is 308 g/mol. The van der Waals surface area contributed by atoms with Crippen LogP contribution in [0, 0.1) is 13.8 Å². The fourth-order valence-electron chi connectivity index (χ4n) is 3.50. The van der Waals surface area contributed by atoms with Gasteiger partial charge in [0.1, 0.15) is 6.04 Å². The van der Waals surface area contributed by atoms with Crippen molar-refractivity contribution in [3.05, 3.63) is 89.5 Å². The van der Waals surface area contributed by atoms with Gasteiger partial charge < -0.3 is 4.57 Å². The van der Waals surface area contributed by atoms with E-state index < -0.39 is 0 Å². The standard InChI is InChI=1S/C21H22N4/c1-15-4-8-17(9-5-15)19-21(25-13-12-22-14-25)20(24(3)23-19)18-10-6-16(2)7-11-18/h4-14,20-21H,1-3H3. The first-order valence-corrected chi connectivity index (χ1v) is 8.56. The van der Waals surface area contributed by atoms with E-state index in [-0.39, 0.29) is 12.1 Å². The zero-order valence-electron chi connectivity index (χ0n) is 14.8. The molecule has 0 saturated carbocycles. The Kier molecular flexibility index (Phi) is 3.88. The predicted molar refractivity (Wildman–Crippen MR) is 101 cm³/mol. The third kappa shape index (κ3) is 2.84. The van der Waals surface area contributed by atoms with Gasteiger partial charge in [0.05, 0.1) is 18.1 Å². The maximum Gasteiger partial charge on any atom is 0.105 e. The molecule has 2 aromatic carbocycles. The van der Waals surface area contributed by atoms with E-state index in [4.69, 9.17) is 5.10 Å². The topological polar surface area (TPSA) is 33.4 Å². The molecule has 0 aliphatic carbocycles. The Morgan fingerprint density at radius 2 is 1.48 bits per heavy atom. The fraction of sp³-hybridized carbons (Fsp3) is 0.238. The van der Waals surface area contributed by atoms with Gasteiger partial charge in [-0.2, -0.15) is 5.10 Å². The van der Waals surface area contributed by atoms with Crippen LogP contribution in [0.4, 0.5) is 0 Å². The number of likely N-dealkylation sites (N-methyl/N-ethyl adjacent to an activating group) is 1. The maximum atomic E-state index is 4.91. The minimum atomic E-state index is 0.0953.